The van der Waals surface area contributed by atoms with E-state index < -0.39 is 11.7 Å². The molecule has 0 aliphatic rings. The van der Waals surface area contributed by atoms with Gasteiger partial charge in [0, 0.05) is 18.8 Å². The van der Waals surface area contributed by atoms with Gasteiger partial charge in [0.1, 0.15) is 12.4 Å². The first-order chi connectivity index (χ1) is 13.5. The maximum atomic E-state index is 13.8. The first-order valence-electron chi connectivity index (χ1n) is 8.54. The number of carbonyl (C=O) groups is 1. The third kappa shape index (κ3) is 4.58. The van der Waals surface area contributed by atoms with E-state index in [1.807, 2.05) is 30.3 Å². The van der Waals surface area contributed by atoms with Crippen LogP contribution in [0.4, 0.5) is 4.39 Å². The molecule has 2 aromatic carbocycles. The van der Waals surface area contributed by atoms with Crippen molar-refractivity contribution in [3.63, 3.8) is 0 Å². The van der Waals surface area contributed by atoms with Gasteiger partial charge in [-0.05, 0) is 17.7 Å². The highest BCUT2D eigenvalue weighted by Crippen LogP contribution is 2.19. The summed E-state index contributed by atoms with van der Waals surface area (Å²) in [6, 6.07) is 14.9. The number of ether oxygens (including phenoxy) is 1. The minimum atomic E-state index is -0.705. The molecule has 0 aliphatic heterocycles. The fourth-order valence-electron chi connectivity index (χ4n) is 2.64. The summed E-state index contributed by atoms with van der Waals surface area (Å²) in [5, 5.41) is 2.60. The van der Waals surface area contributed by atoms with Gasteiger partial charge in [0.15, 0.2) is 5.75 Å². The van der Waals surface area contributed by atoms with Crippen molar-refractivity contribution in [2.45, 2.75) is 13.2 Å². The average molecular weight is 401 g/mol. The van der Waals surface area contributed by atoms with Crippen LogP contribution in [0.25, 0.3) is 0 Å². The summed E-state index contributed by atoms with van der Waals surface area (Å²) in [5.74, 6) is -1.15. The van der Waals surface area contributed by atoms with Gasteiger partial charge < -0.3 is 14.6 Å². The van der Waals surface area contributed by atoms with E-state index in [0.717, 1.165) is 11.6 Å². The smallest absolute Gasteiger partial charge is 0.256 e. The fraction of sp³-hybridized carbons (Fsp3) is 0.143. The van der Waals surface area contributed by atoms with Crippen molar-refractivity contribution in [3.8, 4) is 5.75 Å². The van der Waals surface area contributed by atoms with Crippen molar-refractivity contribution in [2.75, 3.05) is 0 Å². The second kappa shape index (κ2) is 8.71. The topological polar surface area (TPSA) is 60.3 Å². The predicted octanol–water partition coefficient (Wildman–Crippen LogP) is 3.69. The van der Waals surface area contributed by atoms with Crippen LogP contribution in [0.3, 0.4) is 0 Å². The largest absolute Gasteiger partial charge is 0.483 e. The van der Waals surface area contributed by atoms with Gasteiger partial charge in [-0.1, -0.05) is 48.0 Å². The van der Waals surface area contributed by atoms with Gasteiger partial charge in [-0.15, -0.1) is 0 Å². The molecule has 28 heavy (non-hydrogen) atoms. The molecule has 0 atom stereocenters. The van der Waals surface area contributed by atoms with Gasteiger partial charge in [-0.2, -0.15) is 0 Å². The van der Waals surface area contributed by atoms with Crippen LogP contribution < -0.4 is 15.5 Å². The molecular weight excluding hydrogens is 383 g/mol. The second-order valence-corrected chi connectivity index (χ2v) is 6.56. The summed E-state index contributed by atoms with van der Waals surface area (Å²) in [5.41, 5.74) is 0.958. The zero-order chi connectivity index (χ0) is 20.1. The van der Waals surface area contributed by atoms with Crippen molar-refractivity contribution < 1.29 is 13.9 Å². The molecule has 0 unspecified atom stereocenters. The number of hydrogen-bond donors (Lipinski definition) is 1. The number of rotatable bonds is 6. The predicted molar refractivity (Wildman–Crippen MR) is 105 cm³/mol. The van der Waals surface area contributed by atoms with Crippen molar-refractivity contribution in [2.24, 2.45) is 7.05 Å². The Kier molecular flexibility index (Phi) is 6.11. The molecule has 0 fully saturated rings. The van der Waals surface area contributed by atoms with E-state index in [1.165, 1.54) is 18.2 Å². The summed E-state index contributed by atoms with van der Waals surface area (Å²) < 4.78 is 21.1. The normalized spacial score (nSPS) is 10.5. The van der Waals surface area contributed by atoms with Gasteiger partial charge >= 0.3 is 0 Å². The Balaban J connectivity index is 1.69. The third-order valence-electron chi connectivity index (χ3n) is 4.16. The van der Waals surface area contributed by atoms with Crippen LogP contribution in [-0.2, 0) is 20.2 Å². The Morgan fingerprint density at radius 1 is 1.18 bits per heavy atom. The summed E-state index contributed by atoms with van der Waals surface area (Å²) >= 11 is 5.90. The number of nitrogens with one attached hydrogen (secondary N) is 1. The van der Waals surface area contributed by atoms with E-state index in [9.17, 15) is 14.0 Å². The SMILES string of the molecule is Cn1cc(OCc2ccccc2)c(=O)cc1CNC(=O)c1c(F)cccc1Cl. The first-order valence-corrected chi connectivity index (χ1v) is 8.92. The van der Waals surface area contributed by atoms with Crippen molar-refractivity contribution in [3.05, 3.63) is 98.7 Å². The lowest BCUT2D eigenvalue weighted by molar-refractivity contribution is 0.0946. The van der Waals surface area contributed by atoms with Crippen LogP contribution in [0.5, 0.6) is 5.75 Å². The summed E-state index contributed by atoms with van der Waals surface area (Å²) in [6.45, 7) is 0.312. The first kappa shape index (κ1) is 19.6. The zero-order valence-corrected chi connectivity index (χ0v) is 15.9. The van der Waals surface area contributed by atoms with Gasteiger partial charge in [0.05, 0.1) is 23.3 Å². The highest BCUT2D eigenvalue weighted by molar-refractivity contribution is 6.33. The summed E-state index contributed by atoms with van der Waals surface area (Å²) in [7, 11) is 1.73. The van der Waals surface area contributed by atoms with E-state index >= 15 is 0 Å². The van der Waals surface area contributed by atoms with Gasteiger partial charge in [-0.3, -0.25) is 9.59 Å². The molecule has 5 nitrogen and oxygen atoms in total. The maximum Gasteiger partial charge on any atom is 0.256 e. The standard InChI is InChI=1S/C21H18ClFN2O3/c1-25-12-19(28-13-14-6-3-2-4-7-14)18(26)10-15(25)11-24-21(27)20-16(22)8-5-9-17(20)23/h2-10,12H,11,13H2,1H3,(H,24,27). The van der Waals surface area contributed by atoms with Gasteiger partial charge in [0.25, 0.3) is 5.91 Å². The monoisotopic (exact) mass is 400 g/mol. The molecule has 0 aliphatic carbocycles. The Labute approximate surface area is 166 Å². The van der Waals surface area contributed by atoms with Crippen molar-refractivity contribution >= 4 is 17.5 Å². The van der Waals surface area contributed by atoms with Crippen LogP contribution in [-0.4, -0.2) is 10.5 Å². The number of aryl methyl sites for hydroxylation is 1. The van der Waals surface area contributed by atoms with Crippen LogP contribution in [0, 0.1) is 5.82 Å². The molecule has 0 radical (unpaired) electrons. The quantitative estimate of drug-likeness (QED) is 0.686. The molecule has 144 valence electrons. The molecular formula is C21H18ClFN2O3. The minimum absolute atomic E-state index is 0.0241. The number of pyridine rings is 1. The van der Waals surface area contributed by atoms with Crippen LogP contribution >= 0.6 is 11.6 Å². The lowest BCUT2D eigenvalue weighted by atomic mass is 10.2. The van der Waals surface area contributed by atoms with Gasteiger partial charge in [-0.25, -0.2) is 4.39 Å². The zero-order valence-electron chi connectivity index (χ0n) is 15.1. The van der Waals surface area contributed by atoms with Crippen LogP contribution in [0.15, 0.2) is 65.6 Å². The molecule has 7 heteroatoms. The fourth-order valence-corrected chi connectivity index (χ4v) is 2.89. The highest BCUT2D eigenvalue weighted by Gasteiger charge is 2.16. The molecule has 0 saturated heterocycles. The molecule has 0 spiro atoms. The Morgan fingerprint density at radius 2 is 1.93 bits per heavy atom. The molecule has 1 aromatic heterocycles. The van der Waals surface area contributed by atoms with E-state index in [4.69, 9.17) is 16.3 Å². The number of benzene rings is 2. The lowest BCUT2D eigenvalue weighted by Gasteiger charge is -2.13. The molecule has 1 heterocycles. The highest BCUT2D eigenvalue weighted by atomic mass is 35.5. The third-order valence-corrected chi connectivity index (χ3v) is 4.48. The average Bonchev–Trinajstić information content (AvgIpc) is 2.68. The molecule has 3 aromatic rings. The Bertz CT molecular complexity index is 1030. The maximum absolute atomic E-state index is 13.8. The summed E-state index contributed by atoms with van der Waals surface area (Å²) in [4.78, 5) is 24.5. The van der Waals surface area contributed by atoms with Gasteiger partial charge in [0.2, 0.25) is 5.43 Å². The van der Waals surface area contributed by atoms with Crippen LogP contribution in [0.1, 0.15) is 21.6 Å². The number of amides is 1. The number of hydrogen-bond acceptors (Lipinski definition) is 3. The number of halogens is 2. The van der Waals surface area contributed by atoms with E-state index in [2.05, 4.69) is 5.32 Å². The number of aromatic nitrogens is 1. The molecule has 3 rings (SSSR count). The summed E-state index contributed by atoms with van der Waals surface area (Å²) in [6.07, 6.45) is 1.56. The molecule has 0 bridgehead atoms. The van der Waals surface area contributed by atoms with Crippen LogP contribution in [0.2, 0.25) is 5.02 Å². The lowest BCUT2D eigenvalue weighted by Crippen LogP contribution is -2.26. The van der Waals surface area contributed by atoms with E-state index in [-0.39, 0.29) is 34.9 Å². The Hall–Kier alpha value is -3.12. The molecule has 0 saturated carbocycles. The van der Waals surface area contributed by atoms with E-state index in [0.29, 0.717) is 5.69 Å². The second-order valence-electron chi connectivity index (χ2n) is 6.16. The van der Waals surface area contributed by atoms with Crippen molar-refractivity contribution in [1.82, 2.24) is 9.88 Å². The molecule has 1 N–H and O–H groups in total. The number of carbonyl (C=O) groups excluding carboxylic acids is 1. The Morgan fingerprint density at radius 3 is 2.64 bits per heavy atom. The van der Waals surface area contributed by atoms with E-state index in [1.54, 1.807) is 17.8 Å². The minimum Gasteiger partial charge on any atom is -0.483 e. The number of nitrogens with zero attached hydrogens (tertiary/aromatic N) is 1. The molecule has 1 amide bonds. The van der Waals surface area contributed by atoms with Crippen molar-refractivity contribution in [1.29, 1.82) is 0 Å².